The topological polar surface area (TPSA) is 69.7 Å². The number of aromatic amines is 1. The highest BCUT2D eigenvalue weighted by Crippen LogP contribution is 2.37. The standard InChI is InChI=1S/C19H24N4O2/c1-12(17-18(24)22-19(20-2)25-17)13-11-21-14-7-6-8-15(16(13)14)23-9-4-3-5-10-23/h6-8,11-12,17,21H,3-5,9-10H2,1-2H3,(H,20,22,24). The number of benzene rings is 1. The molecule has 2 aliphatic heterocycles. The summed E-state index contributed by atoms with van der Waals surface area (Å²) in [5.74, 6) is -0.197. The van der Waals surface area contributed by atoms with Gasteiger partial charge < -0.3 is 14.6 Å². The highest BCUT2D eigenvalue weighted by Gasteiger charge is 2.37. The molecule has 1 amide bonds. The average molecular weight is 340 g/mol. The second kappa shape index (κ2) is 6.43. The van der Waals surface area contributed by atoms with E-state index in [-0.39, 0.29) is 11.8 Å². The highest BCUT2D eigenvalue weighted by molar-refractivity contribution is 6.03. The highest BCUT2D eigenvalue weighted by atomic mass is 16.5. The second-order valence-corrected chi connectivity index (χ2v) is 6.84. The summed E-state index contributed by atoms with van der Waals surface area (Å²) in [5, 5.41) is 3.89. The molecule has 1 aromatic heterocycles. The first kappa shape index (κ1) is 16.0. The number of rotatable bonds is 3. The Morgan fingerprint density at radius 2 is 2.08 bits per heavy atom. The zero-order chi connectivity index (χ0) is 17.4. The van der Waals surface area contributed by atoms with Gasteiger partial charge >= 0.3 is 0 Å². The lowest BCUT2D eigenvalue weighted by Crippen LogP contribution is -2.30. The van der Waals surface area contributed by atoms with Gasteiger partial charge in [0.15, 0.2) is 6.10 Å². The maximum atomic E-state index is 12.3. The molecule has 0 aliphatic carbocycles. The van der Waals surface area contributed by atoms with E-state index in [4.69, 9.17) is 4.74 Å². The SMILES string of the molecule is CN=C1NC(=O)C(C(C)c2c[nH]c3cccc(N4CCCCC4)c23)O1. The number of aliphatic imine (C=N–C) groups is 1. The number of hydrogen-bond donors (Lipinski definition) is 2. The van der Waals surface area contributed by atoms with Gasteiger partial charge in [-0.1, -0.05) is 13.0 Å². The van der Waals surface area contributed by atoms with Gasteiger partial charge in [0.2, 0.25) is 0 Å². The molecule has 2 N–H and O–H groups in total. The third-order valence-corrected chi connectivity index (χ3v) is 5.29. The van der Waals surface area contributed by atoms with E-state index < -0.39 is 6.10 Å². The predicted octanol–water partition coefficient (Wildman–Crippen LogP) is 2.76. The summed E-state index contributed by atoms with van der Waals surface area (Å²) in [5.41, 5.74) is 3.48. The van der Waals surface area contributed by atoms with Crippen molar-refractivity contribution in [2.75, 3.05) is 25.0 Å². The average Bonchev–Trinajstić information content (AvgIpc) is 3.25. The molecule has 6 heteroatoms. The maximum Gasteiger partial charge on any atom is 0.292 e. The Labute approximate surface area is 147 Å². The van der Waals surface area contributed by atoms with Gasteiger partial charge in [-0.25, -0.2) is 4.99 Å². The fourth-order valence-corrected chi connectivity index (χ4v) is 3.93. The Hall–Kier alpha value is -2.50. The smallest absolute Gasteiger partial charge is 0.292 e. The van der Waals surface area contributed by atoms with Gasteiger partial charge in [0, 0.05) is 48.8 Å². The minimum Gasteiger partial charge on any atom is -0.451 e. The molecule has 2 unspecified atom stereocenters. The van der Waals surface area contributed by atoms with Crippen molar-refractivity contribution in [3.63, 3.8) is 0 Å². The summed E-state index contributed by atoms with van der Waals surface area (Å²) in [6, 6.07) is 6.68. The van der Waals surface area contributed by atoms with Crippen LogP contribution in [0.25, 0.3) is 10.9 Å². The quantitative estimate of drug-likeness (QED) is 0.903. The van der Waals surface area contributed by atoms with Gasteiger partial charge in [-0.05, 0) is 37.0 Å². The lowest BCUT2D eigenvalue weighted by atomic mass is 9.93. The molecule has 0 bridgehead atoms. The van der Waals surface area contributed by atoms with Crippen molar-refractivity contribution in [3.05, 3.63) is 30.0 Å². The zero-order valence-corrected chi connectivity index (χ0v) is 14.7. The molecule has 0 spiro atoms. The molecule has 2 fully saturated rings. The molecular weight excluding hydrogens is 316 g/mol. The van der Waals surface area contributed by atoms with E-state index in [1.807, 2.05) is 13.1 Å². The van der Waals surface area contributed by atoms with Crippen LogP contribution in [0.3, 0.4) is 0 Å². The molecule has 25 heavy (non-hydrogen) atoms. The summed E-state index contributed by atoms with van der Waals surface area (Å²) < 4.78 is 5.70. The molecule has 6 nitrogen and oxygen atoms in total. The van der Waals surface area contributed by atoms with E-state index in [9.17, 15) is 4.79 Å². The van der Waals surface area contributed by atoms with Crippen LogP contribution < -0.4 is 10.2 Å². The van der Waals surface area contributed by atoms with Crippen LogP contribution >= 0.6 is 0 Å². The van der Waals surface area contributed by atoms with Crippen molar-refractivity contribution in [1.82, 2.24) is 10.3 Å². The fraction of sp³-hybridized carbons (Fsp3) is 0.474. The molecule has 2 saturated heterocycles. The van der Waals surface area contributed by atoms with E-state index in [0.717, 1.165) is 24.2 Å². The molecule has 2 atom stereocenters. The number of hydrogen-bond acceptors (Lipinski definition) is 4. The van der Waals surface area contributed by atoms with E-state index in [2.05, 4.69) is 38.4 Å². The summed E-state index contributed by atoms with van der Waals surface area (Å²) >= 11 is 0. The van der Waals surface area contributed by atoms with Crippen molar-refractivity contribution in [3.8, 4) is 0 Å². The number of carbonyl (C=O) groups excluding carboxylic acids is 1. The third kappa shape index (κ3) is 2.75. The van der Waals surface area contributed by atoms with Crippen molar-refractivity contribution < 1.29 is 9.53 Å². The molecule has 1 aromatic carbocycles. The Morgan fingerprint density at radius 1 is 1.28 bits per heavy atom. The normalized spacial score (nSPS) is 23.8. The number of fused-ring (bicyclic) bond motifs is 1. The van der Waals surface area contributed by atoms with Crippen molar-refractivity contribution >= 4 is 28.5 Å². The number of nitrogens with zero attached hydrogens (tertiary/aromatic N) is 2. The Morgan fingerprint density at radius 3 is 2.80 bits per heavy atom. The molecule has 2 aromatic rings. The molecule has 4 rings (SSSR count). The first-order chi connectivity index (χ1) is 12.2. The number of anilines is 1. The van der Waals surface area contributed by atoms with Crippen LogP contribution in [-0.2, 0) is 9.53 Å². The van der Waals surface area contributed by atoms with Gasteiger partial charge in [-0.2, -0.15) is 0 Å². The van der Waals surface area contributed by atoms with Gasteiger partial charge in [-0.15, -0.1) is 0 Å². The summed E-state index contributed by atoms with van der Waals surface area (Å²) in [7, 11) is 1.61. The predicted molar refractivity (Wildman–Crippen MR) is 99.2 cm³/mol. The number of aromatic nitrogens is 1. The van der Waals surface area contributed by atoms with Crippen LogP contribution in [-0.4, -0.2) is 43.2 Å². The Bertz CT molecular complexity index is 820. The van der Waals surface area contributed by atoms with Crippen LogP contribution in [0.5, 0.6) is 0 Å². The first-order valence-corrected chi connectivity index (χ1v) is 8.98. The number of carbonyl (C=O) groups is 1. The molecule has 0 radical (unpaired) electrons. The lowest BCUT2D eigenvalue weighted by molar-refractivity contribution is -0.124. The molecule has 3 heterocycles. The lowest BCUT2D eigenvalue weighted by Gasteiger charge is -2.30. The first-order valence-electron chi connectivity index (χ1n) is 8.98. The van der Waals surface area contributed by atoms with Crippen molar-refractivity contribution in [1.29, 1.82) is 0 Å². The van der Waals surface area contributed by atoms with Crippen LogP contribution in [0.4, 0.5) is 5.69 Å². The van der Waals surface area contributed by atoms with Gasteiger partial charge in [0.1, 0.15) is 0 Å². The van der Waals surface area contributed by atoms with Crippen LogP contribution in [0, 0.1) is 0 Å². The van der Waals surface area contributed by atoms with E-state index >= 15 is 0 Å². The number of H-pyrrole nitrogens is 1. The van der Waals surface area contributed by atoms with Crippen LogP contribution in [0.15, 0.2) is 29.4 Å². The fourth-order valence-electron chi connectivity index (χ4n) is 3.93. The van der Waals surface area contributed by atoms with Gasteiger partial charge in [-0.3, -0.25) is 10.1 Å². The summed E-state index contributed by atoms with van der Waals surface area (Å²) in [4.78, 5) is 22.0. The Kier molecular flexibility index (Phi) is 4.11. The van der Waals surface area contributed by atoms with E-state index in [0.29, 0.717) is 6.02 Å². The van der Waals surface area contributed by atoms with E-state index in [1.54, 1.807) is 7.05 Å². The summed E-state index contributed by atoms with van der Waals surface area (Å²) in [6.45, 7) is 4.22. The largest absolute Gasteiger partial charge is 0.451 e. The minimum atomic E-state index is -0.549. The summed E-state index contributed by atoms with van der Waals surface area (Å²) in [6.07, 6.45) is 5.23. The van der Waals surface area contributed by atoms with Crippen LogP contribution in [0.2, 0.25) is 0 Å². The molecule has 0 saturated carbocycles. The van der Waals surface area contributed by atoms with Crippen molar-refractivity contribution in [2.24, 2.45) is 4.99 Å². The zero-order valence-electron chi connectivity index (χ0n) is 14.7. The number of ether oxygens (including phenoxy) is 1. The van der Waals surface area contributed by atoms with Gasteiger partial charge in [0.05, 0.1) is 0 Å². The third-order valence-electron chi connectivity index (χ3n) is 5.29. The number of nitrogens with one attached hydrogen (secondary N) is 2. The Balaban J connectivity index is 1.73. The second-order valence-electron chi connectivity index (χ2n) is 6.84. The molecule has 132 valence electrons. The maximum absolute atomic E-state index is 12.3. The monoisotopic (exact) mass is 340 g/mol. The van der Waals surface area contributed by atoms with Crippen LogP contribution in [0.1, 0.15) is 37.7 Å². The van der Waals surface area contributed by atoms with E-state index in [1.165, 1.54) is 30.3 Å². The molecular formula is C19H24N4O2. The van der Waals surface area contributed by atoms with Gasteiger partial charge in [0.25, 0.3) is 11.9 Å². The number of amides is 1. The number of piperidine rings is 1. The molecule has 2 aliphatic rings. The van der Waals surface area contributed by atoms with Crippen molar-refractivity contribution in [2.45, 2.75) is 38.2 Å². The number of amidine groups is 1. The minimum absolute atomic E-state index is 0.0704.